The molecular weight excluding hydrogens is 452 g/mol. The number of ether oxygens (including phenoxy) is 1. The fourth-order valence-electron chi connectivity index (χ4n) is 5.22. The molecule has 4 aromatic rings. The van der Waals surface area contributed by atoms with Gasteiger partial charge in [0.2, 0.25) is 0 Å². The summed E-state index contributed by atoms with van der Waals surface area (Å²) in [6.45, 7) is 0.343. The lowest BCUT2D eigenvalue weighted by Crippen LogP contribution is -2.21. The molecule has 36 heavy (non-hydrogen) atoms. The van der Waals surface area contributed by atoms with E-state index in [1.807, 2.05) is 65.4 Å². The number of hydrogen-bond acceptors (Lipinski definition) is 3. The van der Waals surface area contributed by atoms with Gasteiger partial charge in [0.05, 0.1) is 5.92 Å². The van der Waals surface area contributed by atoms with Crippen LogP contribution in [0.2, 0.25) is 0 Å². The molecule has 0 amide bonds. The Bertz CT molecular complexity index is 1340. The molecule has 6 heteroatoms. The molecule has 0 bridgehead atoms. The molecule has 0 spiro atoms. The van der Waals surface area contributed by atoms with Crippen molar-refractivity contribution in [3.8, 4) is 5.75 Å². The Morgan fingerprint density at radius 1 is 1.00 bits per heavy atom. The number of nitrogens with zero attached hydrogens (tertiary/aromatic N) is 1. The second-order valence-corrected chi connectivity index (χ2v) is 9.47. The first-order valence-corrected chi connectivity index (χ1v) is 12.4. The second-order valence-electron chi connectivity index (χ2n) is 9.47. The van der Waals surface area contributed by atoms with Crippen LogP contribution in [-0.2, 0) is 24.2 Å². The number of carboxylic acids is 1. The van der Waals surface area contributed by atoms with Crippen LogP contribution in [0, 0.1) is 5.92 Å². The van der Waals surface area contributed by atoms with E-state index in [2.05, 4.69) is 29.2 Å². The summed E-state index contributed by atoms with van der Waals surface area (Å²) in [7, 11) is 0. The van der Waals surface area contributed by atoms with E-state index in [0.29, 0.717) is 18.2 Å². The molecule has 1 aliphatic rings. The first-order valence-electron chi connectivity index (χ1n) is 12.4. The summed E-state index contributed by atoms with van der Waals surface area (Å²) in [5, 5.41) is 8.82. The third-order valence-corrected chi connectivity index (χ3v) is 7.03. The number of benzene rings is 3. The summed E-state index contributed by atoms with van der Waals surface area (Å²) < 4.78 is 7.14. The minimum atomic E-state index is -0.977. The number of rotatable bonds is 9. The maximum atomic E-state index is 12.9. The SMILES string of the molecule is O=C(O)COc1ccc2c(c1)CCC(CCn1cc(C(c3ccccc3)c3ccccc3)[nH]c1=O)C2. The second kappa shape index (κ2) is 10.7. The molecule has 0 saturated carbocycles. The van der Waals surface area contributed by atoms with Gasteiger partial charge in [-0.1, -0.05) is 66.7 Å². The Balaban J connectivity index is 1.28. The quantitative estimate of drug-likeness (QED) is 0.351. The lowest BCUT2D eigenvalue weighted by Gasteiger charge is -2.25. The van der Waals surface area contributed by atoms with Crippen LogP contribution >= 0.6 is 0 Å². The highest BCUT2D eigenvalue weighted by atomic mass is 16.5. The number of aryl methyl sites for hydroxylation is 2. The molecule has 0 aliphatic heterocycles. The zero-order valence-corrected chi connectivity index (χ0v) is 20.1. The van der Waals surface area contributed by atoms with Crippen molar-refractivity contribution in [2.24, 2.45) is 5.92 Å². The van der Waals surface area contributed by atoms with E-state index in [-0.39, 0.29) is 18.2 Å². The molecule has 0 radical (unpaired) electrons. The van der Waals surface area contributed by atoms with Crippen molar-refractivity contribution in [2.45, 2.75) is 38.1 Å². The molecular formula is C30H30N2O4. The third kappa shape index (κ3) is 5.43. The van der Waals surface area contributed by atoms with E-state index in [0.717, 1.165) is 42.5 Å². The molecule has 5 rings (SSSR count). The van der Waals surface area contributed by atoms with Crippen LogP contribution in [-0.4, -0.2) is 27.2 Å². The number of carbonyl (C=O) groups is 1. The van der Waals surface area contributed by atoms with Gasteiger partial charge in [0.25, 0.3) is 0 Å². The number of hydrogen-bond donors (Lipinski definition) is 2. The average Bonchev–Trinajstić information content (AvgIpc) is 3.27. The van der Waals surface area contributed by atoms with Crippen molar-refractivity contribution in [3.05, 3.63) is 123 Å². The topological polar surface area (TPSA) is 84.3 Å². The van der Waals surface area contributed by atoms with Crippen molar-refractivity contribution >= 4 is 5.97 Å². The minimum absolute atomic E-state index is 0.0274. The highest BCUT2D eigenvalue weighted by Gasteiger charge is 2.22. The predicted octanol–water partition coefficient (Wildman–Crippen LogP) is 5.02. The summed E-state index contributed by atoms with van der Waals surface area (Å²) in [6, 6.07) is 26.4. The Hall–Kier alpha value is -4.06. The fourth-order valence-corrected chi connectivity index (χ4v) is 5.22. The van der Waals surface area contributed by atoms with Gasteiger partial charge in [-0.25, -0.2) is 9.59 Å². The molecule has 1 heterocycles. The largest absolute Gasteiger partial charge is 0.482 e. The van der Waals surface area contributed by atoms with Gasteiger partial charge >= 0.3 is 11.7 Å². The van der Waals surface area contributed by atoms with Gasteiger partial charge in [0, 0.05) is 18.4 Å². The molecule has 1 atom stereocenters. The van der Waals surface area contributed by atoms with Crippen LogP contribution in [0.1, 0.15) is 46.7 Å². The molecule has 3 aromatic carbocycles. The van der Waals surface area contributed by atoms with Crippen molar-refractivity contribution in [1.82, 2.24) is 9.55 Å². The van der Waals surface area contributed by atoms with Gasteiger partial charge in [0.15, 0.2) is 6.61 Å². The first kappa shape index (κ1) is 23.7. The average molecular weight is 483 g/mol. The molecule has 0 fully saturated rings. The van der Waals surface area contributed by atoms with Gasteiger partial charge in [-0.05, 0) is 66.0 Å². The summed E-state index contributed by atoms with van der Waals surface area (Å²) in [4.78, 5) is 26.7. The van der Waals surface area contributed by atoms with Crippen LogP contribution < -0.4 is 10.4 Å². The Morgan fingerprint density at radius 3 is 2.36 bits per heavy atom. The fraction of sp³-hybridized carbons (Fsp3) is 0.267. The number of fused-ring (bicyclic) bond motifs is 1. The van der Waals surface area contributed by atoms with Crippen LogP contribution in [0.25, 0.3) is 0 Å². The Labute approximate surface area is 210 Å². The number of aromatic nitrogens is 2. The van der Waals surface area contributed by atoms with Crippen LogP contribution in [0.5, 0.6) is 5.75 Å². The first-order chi connectivity index (χ1) is 17.6. The van der Waals surface area contributed by atoms with E-state index in [9.17, 15) is 9.59 Å². The normalized spacial score (nSPS) is 15.0. The Kier molecular flexibility index (Phi) is 7.03. The number of imidazole rings is 1. The summed E-state index contributed by atoms with van der Waals surface area (Å²) in [5.41, 5.74) is 5.63. The van der Waals surface area contributed by atoms with Crippen molar-refractivity contribution in [2.75, 3.05) is 6.61 Å². The molecule has 184 valence electrons. The lowest BCUT2D eigenvalue weighted by atomic mass is 9.82. The van der Waals surface area contributed by atoms with Crippen LogP contribution in [0.4, 0.5) is 0 Å². The minimum Gasteiger partial charge on any atom is -0.482 e. The zero-order chi connectivity index (χ0) is 24.9. The predicted molar refractivity (Wildman–Crippen MR) is 139 cm³/mol. The molecule has 6 nitrogen and oxygen atoms in total. The van der Waals surface area contributed by atoms with Crippen molar-refractivity contribution < 1.29 is 14.6 Å². The number of carboxylic acid groups (broad SMARTS) is 1. The Morgan fingerprint density at radius 2 is 1.69 bits per heavy atom. The van der Waals surface area contributed by atoms with Gasteiger partial charge in [-0.3, -0.25) is 4.57 Å². The van der Waals surface area contributed by atoms with Gasteiger partial charge in [-0.2, -0.15) is 0 Å². The number of H-pyrrole nitrogens is 1. The number of aromatic amines is 1. The monoisotopic (exact) mass is 482 g/mol. The third-order valence-electron chi connectivity index (χ3n) is 7.03. The van der Waals surface area contributed by atoms with E-state index in [1.54, 1.807) is 0 Å². The van der Waals surface area contributed by atoms with Crippen LogP contribution in [0.15, 0.2) is 89.9 Å². The zero-order valence-electron chi connectivity index (χ0n) is 20.1. The van der Waals surface area contributed by atoms with E-state index in [1.165, 1.54) is 11.1 Å². The van der Waals surface area contributed by atoms with Gasteiger partial charge in [-0.15, -0.1) is 0 Å². The van der Waals surface area contributed by atoms with Crippen molar-refractivity contribution in [1.29, 1.82) is 0 Å². The number of nitrogens with one attached hydrogen (secondary N) is 1. The highest BCUT2D eigenvalue weighted by molar-refractivity contribution is 5.68. The lowest BCUT2D eigenvalue weighted by molar-refractivity contribution is -0.139. The van der Waals surface area contributed by atoms with E-state index < -0.39 is 5.97 Å². The molecule has 1 aromatic heterocycles. The van der Waals surface area contributed by atoms with Crippen molar-refractivity contribution in [3.63, 3.8) is 0 Å². The highest BCUT2D eigenvalue weighted by Crippen LogP contribution is 2.32. The molecule has 0 saturated heterocycles. The standard InChI is InChI=1S/C30H30N2O4/c33-28(34)20-36-26-14-13-24-17-21(11-12-25(24)18-26)15-16-32-19-27(31-30(32)35)29(22-7-3-1-4-8-22)23-9-5-2-6-10-23/h1-10,13-14,18-19,21,29H,11-12,15-17,20H2,(H,31,35)(H,33,34). The smallest absolute Gasteiger partial charge is 0.341 e. The number of aliphatic carboxylic acids is 1. The summed E-state index contributed by atoms with van der Waals surface area (Å²) in [6.07, 6.45) is 5.84. The van der Waals surface area contributed by atoms with Gasteiger partial charge < -0.3 is 14.8 Å². The molecule has 1 aliphatic carbocycles. The summed E-state index contributed by atoms with van der Waals surface area (Å²) in [5.74, 6) is 0.0928. The van der Waals surface area contributed by atoms with E-state index >= 15 is 0 Å². The van der Waals surface area contributed by atoms with Gasteiger partial charge in [0.1, 0.15) is 5.75 Å². The molecule has 2 N–H and O–H groups in total. The van der Waals surface area contributed by atoms with E-state index in [4.69, 9.17) is 9.84 Å². The maximum absolute atomic E-state index is 12.9. The molecule has 1 unspecified atom stereocenters. The maximum Gasteiger partial charge on any atom is 0.341 e. The van der Waals surface area contributed by atoms with Crippen LogP contribution in [0.3, 0.4) is 0 Å². The summed E-state index contributed by atoms with van der Waals surface area (Å²) >= 11 is 0.